The molecule has 2 N–H and O–H groups in total. The Morgan fingerprint density at radius 2 is 1.94 bits per heavy atom. The van der Waals surface area contributed by atoms with Crippen LogP contribution in [0.5, 0.6) is 0 Å². The van der Waals surface area contributed by atoms with E-state index in [2.05, 4.69) is 5.32 Å². The number of rotatable bonds is 3. The molecule has 18 heavy (non-hydrogen) atoms. The number of hydrogen-bond donors (Lipinski definition) is 2. The van der Waals surface area contributed by atoms with Crippen LogP contribution in [0.3, 0.4) is 0 Å². The molecule has 3 rings (SSSR count). The molecule has 0 saturated heterocycles. The van der Waals surface area contributed by atoms with Crippen molar-refractivity contribution in [2.75, 3.05) is 6.54 Å². The molecule has 2 saturated carbocycles. The summed E-state index contributed by atoms with van der Waals surface area (Å²) in [4.78, 5) is 11.8. The molecule has 1 amide bonds. The molecule has 2 unspecified atom stereocenters. The van der Waals surface area contributed by atoms with Crippen molar-refractivity contribution in [1.29, 1.82) is 0 Å². The maximum atomic E-state index is 11.8. The zero-order chi connectivity index (χ0) is 12.8. The number of fused-ring (bicyclic) bond motifs is 1. The van der Waals surface area contributed by atoms with Gasteiger partial charge in [0.15, 0.2) is 0 Å². The molecule has 2 aliphatic rings. The highest BCUT2D eigenvalue weighted by molar-refractivity contribution is 6.22. The third-order valence-corrected chi connectivity index (χ3v) is 4.45. The number of aliphatic hydroxyl groups is 1. The Morgan fingerprint density at radius 1 is 1.33 bits per heavy atom. The number of carbonyl (C=O) groups excluding carboxylic acids is 1. The van der Waals surface area contributed by atoms with Crippen molar-refractivity contribution in [2.24, 2.45) is 17.8 Å². The number of nitrogens with one attached hydrogen (secondary N) is 1. The van der Waals surface area contributed by atoms with Gasteiger partial charge < -0.3 is 10.4 Å². The van der Waals surface area contributed by atoms with Gasteiger partial charge in [-0.2, -0.15) is 0 Å². The summed E-state index contributed by atoms with van der Waals surface area (Å²) in [6.45, 7) is 0.691. The molecule has 3 nitrogen and oxygen atoms in total. The fourth-order valence-corrected chi connectivity index (χ4v) is 3.50. The quantitative estimate of drug-likeness (QED) is 0.822. The van der Waals surface area contributed by atoms with Gasteiger partial charge in [-0.15, -0.1) is 0 Å². The van der Waals surface area contributed by atoms with Gasteiger partial charge >= 0.3 is 0 Å². The van der Waals surface area contributed by atoms with E-state index in [0.717, 1.165) is 0 Å². The first-order chi connectivity index (χ1) is 8.57. The van der Waals surface area contributed by atoms with Gasteiger partial charge in [0, 0.05) is 12.1 Å². The highest BCUT2D eigenvalue weighted by atomic mass is 35.5. The molecule has 0 radical (unpaired) electrons. The second-order valence-electron chi connectivity index (χ2n) is 5.39. The zero-order valence-electron chi connectivity index (χ0n) is 9.97. The number of alkyl halides is 1. The van der Waals surface area contributed by atoms with Crippen molar-refractivity contribution in [3.05, 3.63) is 35.9 Å². The molecule has 1 aromatic rings. The fraction of sp³-hybridized carbons (Fsp3) is 0.500. The average molecular weight is 266 g/mol. The standard InChI is InChI=1S/C14H16ClNO2/c15-14(18)6-10-11(7-14)12(10)8-16-13(17)9-4-2-1-3-5-9/h1-5,10-12,18H,6-8H2,(H,16,17). The minimum Gasteiger partial charge on any atom is -0.375 e. The van der Waals surface area contributed by atoms with E-state index < -0.39 is 5.06 Å². The molecule has 2 atom stereocenters. The summed E-state index contributed by atoms with van der Waals surface area (Å²) in [6, 6.07) is 9.22. The lowest BCUT2D eigenvalue weighted by Gasteiger charge is -2.17. The van der Waals surface area contributed by atoms with Gasteiger partial charge in [0.1, 0.15) is 5.06 Å². The fourth-order valence-electron chi connectivity index (χ4n) is 3.14. The number of carbonyl (C=O) groups is 1. The highest BCUT2D eigenvalue weighted by Crippen LogP contribution is 2.61. The van der Waals surface area contributed by atoms with Crippen LogP contribution >= 0.6 is 11.6 Å². The summed E-state index contributed by atoms with van der Waals surface area (Å²) in [7, 11) is 0. The number of hydrogen-bond acceptors (Lipinski definition) is 2. The van der Waals surface area contributed by atoms with Gasteiger partial charge in [-0.25, -0.2) is 0 Å². The molecule has 96 valence electrons. The Hall–Kier alpha value is -1.06. The van der Waals surface area contributed by atoms with Crippen LogP contribution in [0.1, 0.15) is 23.2 Å². The van der Waals surface area contributed by atoms with E-state index in [4.69, 9.17) is 11.6 Å². The molecule has 4 heteroatoms. The monoisotopic (exact) mass is 265 g/mol. The van der Waals surface area contributed by atoms with E-state index in [1.54, 1.807) is 12.1 Å². The second-order valence-corrected chi connectivity index (χ2v) is 6.10. The van der Waals surface area contributed by atoms with Crippen LogP contribution in [0.15, 0.2) is 30.3 Å². The smallest absolute Gasteiger partial charge is 0.251 e. The summed E-state index contributed by atoms with van der Waals surface area (Å²) in [6.07, 6.45) is 1.32. The van der Waals surface area contributed by atoms with Crippen LogP contribution in [0.25, 0.3) is 0 Å². The average Bonchev–Trinajstić information content (AvgIpc) is 2.84. The lowest BCUT2D eigenvalue weighted by molar-refractivity contribution is 0.0943. The molecule has 0 aliphatic heterocycles. The Bertz CT molecular complexity index is 446. The van der Waals surface area contributed by atoms with Crippen LogP contribution in [0.4, 0.5) is 0 Å². The lowest BCUT2D eigenvalue weighted by atomic mass is 10.1. The van der Waals surface area contributed by atoms with Crippen LogP contribution in [-0.4, -0.2) is 22.6 Å². The van der Waals surface area contributed by atoms with Crippen molar-refractivity contribution in [2.45, 2.75) is 17.9 Å². The molecule has 2 fully saturated rings. The normalized spacial score (nSPS) is 37.1. The maximum Gasteiger partial charge on any atom is 0.251 e. The lowest BCUT2D eigenvalue weighted by Crippen LogP contribution is -2.28. The third kappa shape index (κ3) is 2.25. The van der Waals surface area contributed by atoms with E-state index in [0.29, 0.717) is 42.7 Å². The predicted octanol–water partition coefficient (Wildman–Crippen LogP) is 2.00. The zero-order valence-corrected chi connectivity index (χ0v) is 10.7. The third-order valence-electron chi connectivity index (χ3n) is 4.14. The Labute approximate surface area is 111 Å². The summed E-state index contributed by atoms with van der Waals surface area (Å²) in [5.74, 6) is 1.45. The minimum atomic E-state index is -0.991. The van der Waals surface area contributed by atoms with Crippen molar-refractivity contribution in [3.8, 4) is 0 Å². The van der Waals surface area contributed by atoms with E-state index >= 15 is 0 Å². The summed E-state index contributed by atoms with van der Waals surface area (Å²) >= 11 is 5.88. The molecule has 0 aromatic heterocycles. The van der Waals surface area contributed by atoms with E-state index in [9.17, 15) is 9.90 Å². The summed E-state index contributed by atoms with van der Waals surface area (Å²) in [5, 5.41) is 11.6. The van der Waals surface area contributed by atoms with Gasteiger partial charge in [0.2, 0.25) is 0 Å². The van der Waals surface area contributed by atoms with Crippen molar-refractivity contribution >= 4 is 17.5 Å². The van der Waals surface area contributed by atoms with Gasteiger partial charge in [0.25, 0.3) is 5.91 Å². The molecule has 0 spiro atoms. The molecular formula is C14H16ClNO2. The molecule has 0 bridgehead atoms. The van der Waals surface area contributed by atoms with Crippen molar-refractivity contribution < 1.29 is 9.90 Å². The van der Waals surface area contributed by atoms with E-state index in [1.165, 1.54) is 0 Å². The topological polar surface area (TPSA) is 49.3 Å². The first kappa shape index (κ1) is 12.0. The summed E-state index contributed by atoms with van der Waals surface area (Å²) in [5.41, 5.74) is 0.692. The first-order valence-corrected chi connectivity index (χ1v) is 6.69. The number of amides is 1. The Kier molecular flexibility index (Phi) is 2.83. The van der Waals surface area contributed by atoms with Crippen LogP contribution < -0.4 is 5.32 Å². The largest absolute Gasteiger partial charge is 0.375 e. The number of halogens is 1. The highest BCUT2D eigenvalue weighted by Gasteiger charge is 2.60. The Balaban J connectivity index is 1.49. The van der Waals surface area contributed by atoms with Gasteiger partial charge in [-0.1, -0.05) is 29.8 Å². The minimum absolute atomic E-state index is 0.0262. The van der Waals surface area contributed by atoms with Crippen LogP contribution in [-0.2, 0) is 0 Å². The van der Waals surface area contributed by atoms with Gasteiger partial charge in [0.05, 0.1) is 0 Å². The van der Waals surface area contributed by atoms with Crippen LogP contribution in [0, 0.1) is 17.8 Å². The molecule has 1 aromatic carbocycles. The van der Waals surface area contributed by atoms with E-state index in [-0.39, 0.29) is 5.91 Å². The second kappa shape index (κ2) is 4.25. The Morgan fingerprint density at radius 3 is 2.56 bits per heavy atom. The van der Waals surface area contributed by atoms with Crippen molar-refractivity contribution in [3.63, 3.8) is 0 Å². The predicted molar refractivity (Wildman–Crippen MR) is 69.3 cm³/mol. The summed E-state index contributed by atoms with van der Waals surface area (Å²) < 4.78 is 0. The van der Waals surface area contributed by atoms with E-state index in [1.807, 2.05) is 18.2 Å². The number of benzene rings is 1. The van der Waals surface area contributed by atoms with Crippen LogP contribution in [0.2, 0.25) is 0 Å². The van der Waals surface area contributed by atoms with Gasteiger partial charge in [-0.05, 0) is 42.7 Å². The first-order valence-electron chi connectivity index (χ1n) is 6.31. The SMILES string of the molecule is O=C(NCC1C2CC(O)(Cl)CC12)c1ccccc1. The maximum absolute atomic E-state index is 11.8. The van der Waals surface area contributed by atoms with Gasteiger partial charge in [-0.3, -0.25) is 4.79 Å². The molecular weight excluding hydrogens is 250 g/mol. The molecule has 2 aliphatic carbocycles. The van der Waals surface area contributed by atoms with Crippen molar-refractivity contribution in [1.82, 2.24) is 5.32 Å². The molecule has 0 heterocycles.